The monoisotopic (exact) mass is 236 g/mol. The third kappa shape index (κ3) is 2.82. The fourth-order valence-electron chi connectivity index (χ4n) is 1.56. The van der Waals surface area contributed by atoms with Crippen LogP contribution in [0.2, 0.25) is 0 Å². The van der Waals surface area contributed by atoms with Crippen LogP contribution in [0.1, 0.15) is 12.8 Å². The Labute approximate surface area is 98.8 Å². The number of H-pyrrole nitrogens is 1. The number of unbranched alkanes of at least 4 members (excludes halogenated alkanes) is 1. The van der Waals surface area contributed by atoms with Crippen LogP contribution in [0.4, 0.5) is 11.8 Å². The molecule has 0 radical (unpaired) electrons. The zero-order chi connectivity index (χ0) is 12.1. The van der Waals surface area contributed by atoms with Crippen molar-refractivity contribution in [3.8, 4) is 0 Å². The van der Waals surface area contributed by atoms with Gasteiger partial charge in [0, 0.05) is 20.3 Å². The van der Waals surface area contributed by atoms with Crippen LogP contribution in [0, 0.1) is 0 Å². The lowest BCUT2D eigenvalue weighted by Crippen LogP contribution is -2.07. The van der Waals surface area contributed by atoms with E-state index in [1.165, 1.54) is 0 Å². The lowest BCUT2D eigenvalue weighted by atomic mass is 10.3. The van der Waals surface area contributed by atoms with Crippen LogP contribution in [0.3, 0.4) is 0 Å². The molecule has 7 nitrogen and oxygen atoms in total. The van der Waals surface area contributed by atoms with Gasteiger partial charge in [0.2, 0.25) is 5.95 Å². The molecule has 0 aliphatic heterocycles. The van der Waals surface area contributed by atoms with Crippen molar-refractivity contribution in [1.82, 2.24) is 19.9 Å². The van der Waals surface area contributed by atoms with Gasteiger partial charge in [-0.15, -0.1) is 0 Å². The second kappa shape index (κ2) is 5.44. The summed E-state index contributed by atoms with van der Waals surface area (Å²) in [4.78, 5) is 15.2. The number of hydrogen-bond acceptors (Lipinski definition) is 6. The van der Waals surface area contributed by atoms with Crippen molar-refractivity contribution in [3.63, 3.8) is 0 Å². The number of nitrogens with zero attached hydrogens (tertiary/aromatic N) is 3. The first kappa shape index (κ1) is 11.6. The predicted octanol–water partition coefficient (Wildman–Crippen LogP) is 0.774. The first-order valence-corrected chi connectivity index (χ1v) is 5.50. The molecule has 0 unspecified atom stereocenters. The van der Waals surface area contributed by atoms with Gasteiger partial charge >= 0.3 is 0 Å². The summed E-state index contributed by atoms with van der Waals surface area (Å²) in [5.74, 6) is 0.923. The Morgan fingerprint density at radius 3 is 3.12 bits per heavy atom. The largest absolute Gasteiger partial charge is 0.385 e. The number of fused-ring (bicyclic) bond motifs is 1. The minimum atomic E-state index is 0.226. The standard InChI is InChI=1S/C10H16N6O/c1-17-5-3-2-4-12-8-7-9(14-6-13-7)16-10(11)15-8/h6H,2-5H2,1H3,(H4,11,12,13,14,15,16). The normalized spacial score (nSPS) is 10.9. The van der Waals surface area contributed by atoms with Crippen molar-refractivity contribution in [3.05, 3.63) is 6.33 Å². The smallest absolute Gasteiger partial charge is 0.224 e. The molecule has 0 amide bonds. The third-order valence-corrected chi connectivity index (χ3v) is 2.37. The topological polar surface area (TPSA) is 102 Å². The molecule has 0 fully saturated rings. The molecule has 0 saturated carbocycles. The number of rotatable bonds is 6. The van der Waals surface area contributed by atoms with Crippen LogP contribution in [-0.4, -0.2) is 40.2 Å². The second-order valence-electron chi connectivity index (χ2n) is 3.66. The van der Waals surface area contributed by atoms with Gasteiger partial charge in [0.05, 0.1) is 6.33 Å². The minimum absolute atomic E-state index is 0.226. The number of aromatic amines is 1. The van der Waals surface area contributed by atoms with Gasteiger partial charge in [-0.3, -0.25) is 0 Å². The van der Waals surface area contributed by atoms with E-state index in [9.17, 15) is 0 Å². The Kier molecular flexibility index (Phi) is 3.71. The molecule has 92 valence electrons. The first-order valence-electron chi connectivity index (χ1n) is 5.50. The van der Waals surface area contributed by atoms with E-state index >= 15 is 0 Å². The summed E-state index contributed by atoms with van der Waals surface area (Å²) in [6, 6.07) is 0. The summed E-state index contributed by atoms with van der Waals surface area (Å²) in [6.45, 7) is 1.58. The van der Waals surface area contributed by atoms with E-state index in [1.807, 2.05) is 0 Å². The van der Waals surface area contributed by atoms with Gasteiger partial charge in [-0.1, -0.05) is 0 Å². The van der Waals surface area contributed by atoms with Gasteiger partial charge in [-0.05, 0) is 12.8 Å². The fraction of sp³-hybridized carbons (Fsp3) is 0.500. The Morgan fingerprint density at radius 2 is 2.29 bits per heavy atom. The van der Waals surface area contributed by atoms with Gasteiger partial charge in [-0.25, -0.2) is 4.98 Å². The van der Waals surface area contributed by atoms with Crippen LogP contribution in [0.5, 0.6) is 0 Å². The molecule has 2 rings (SSSR count). The Morgan fingerprint density at radius 1 is 1.41 bits per heavy atom. The molecule has 7 heteroatoms. The van der Waals surface area contributed by atoms with Crippen LogP contribution >= 0.6 is 0 Å². The lowest BCUT2D eigenvalue weighted by Gasteiger charge is -2.06. The Hall–Kier alpha value is -1.89. The number of nitrogens with two attached hydrogens (primary N) is 1. The summed E-state index contributed by atoms with van der Waals surface area (Å²) in [5.41, 5.74) is 6.96. The molecule has 0 atom stereocenters. The van der Waals surface area contributed by atoms with E-state index in [4.69, 9.17) is 10.5 Å². The molecule has 0 bridgehead atoms. The molecular formula is C10H16N6O. The van der Waals surface area contributed by atoms with Crippen molar-refractivity contribution in [2.45, 2.75) is 12.8 Å². The highest BCUT2D eigenvalue weighted by atomic mass is 16.5. The molecule has 17 heavy (non-hydrogen) atoms. The molecule has 0 aromatic carbocycles. The SMILES string of the molecule is COCCCCNc1nc(N)nc2nc[nH]c12. The van der Waals surface area contributed by atoms with Gasteiger partial charge < -0.3 is 20.8 Å². The number of nitrogen functional groups attached to an aromatic ring is 1. The van der Waals surface area contributed by atoms with Crippen LogP contribution < -0.4 is 11.1 Å². The average molecular weight is 236 g/mol. The van der Waals surface area contributed by atoms with Crippen molar-refractivity contribution >= 4 is 22.9 Å². The Balaban J connectivity index is 2.00. The highest BCUT2D eigenvalue weighted by molar-refractivity contribution is 5.83. The van der Waals surface area contributed by atoms with Gasteiger partial charge in [-0.2, -0.15) is 9.97 Å². The van der Waals surface area contributed by atoms with E-state index in [0.717, 1.165) is 31.5 Å². The van der Waals surface area contributed by atoms with Crippen LogP contribution in [-0.2, 0) is 4.74 Å². The molecule has 2 aromatic heterocycles. The predicted molar refractivity (Wildman–Crippen MR) is 65.7 cm³/mol. The molecule has 0 aliphatic rings. The molecule has 0 spiro atoms. The summed E-state index contributed by atoms with van der Waals surface area (Å²) in [6.07, 6.45) is 3.60. The van der Waals surface area contributed by atoms with Crippen LogP contribution in [0.25, 0.3) is 11.2 Å². The molecular weight excluding hydrogens is 220 g/mol. The maximum atomic E-state index is 5.60. The minimum Gasteiger partial charge on any atom is -0.385 e. The van der Waals surface area contributed by atoms with E-state index in [-0.39, 0.29) is 5.95 Å². The van der Waals surface area contributed by atoms with Gasteiger partial charge in [0.25, 0.3) is 0 Å². The van der Waals surface area contributed by atoms with Crippen LogP contribution in [0.15, 0.2) is 6.33 Å². The fourth-order valence-corrected chi connectivity index (χ4v) is 1.56. The summed E-state index contributed by atoms with van der Waals surface area (Å²) >= 11 is 0. The van der Waals surface area contributed by atoms with Gasteiger partial charge in [0.15, 0.2) is 11.5 Å². The zero-order valence-electron chi connectivity index (χ0n) is 9.73. The maximum absolute atomic E-state index is 5.60. The van der Waals surface area contributed by atoms with E-state index in [0.29, 0.717) is 11.5 Å². The number of aromatic nitrogens is 4. The Bertz CT molecular complexity index is 483. The quantitative estimate of drug-likeness (QED) is 0.640. The van der Waals surface area contributed by atoms with Crippen molar-refractivity contribution in [2.24, 2.45) is 0 Å². The van der Waals surface area contributed by atoms with Crippen molar-refractivity contribution < 1.29 is 4.74 Å². The molecule has 2 aromatic rings. The van der Waals surface area contributed by atoms with E-state index < -0.39 is 0 Å². The third-order valence-electron chi connectivity index (χ3n) is 2.37. The molecule has 2 heterocycles. The highest BCUT2D eigenvalue weighted by Gasteiger charge is 2.07. The summed E-state index contributed by atoms with van der Waals surface area (Å²) in [7, 11) is 1.70. The van der Waals surface area contributed by atoms with E-state index in [1.54, 1.807) is 13.4 Å². The number of ether oxygens (including phenoxy) is 1. The number of methoxy groups -OCH3 is 1. The molecule has 0 saturated heterocycles. The van der Waals surface area contributed by atoms with Gasteiger partial charge in [0.1, 0.15) is 5.52 Å². The number of imidazole rings is 1. The second-order valence-corrected chi connectivity index (χ2v) is 3.66. The average Bonchev–Trinajstić information content (AvgIpc) is 2.76. The lowest BCUT2D eigenvalue weighted by molar-refractivity contribution is 0.194. The summed E-state index contributed by atoms with van der Waals surface area (Å²) < 4.78 is 4.98. The highest BCUT2D eigenvalue weighted by Crippen LogP contribution is 2.16. The first-order chi connectivity index (χ1) is 8.31. The van der Waals surface area contributed by atoms with Crippen molar-refractivity contribution in [2.75, 3.05) is 31.3 Å². The number of nitrogens with one attached hydrogen (secondary N) is 2. The number of hydrogen-bond donors (Lipinski definition) is 3. The zero-order valence-corrected chi connectivity index (χ0v) is 9.73. The van der Waals surface area contributed by atoms with E-state index in [2.05, 4.69) is 25.3 Å². The van der Waals surface area contributed by atoms with Crippen molar-refractivity contribution in [1.29, 1.82) is 0 Å². The summed E-state index contributed by atoms with van der Waals surface area (Å²) in [5, 5.41) is 3.22. The molecule has 0 aliphatic carbocycles. The number of anilines is 2. The maximum Gasteiger partial charge on any atom is 0.224 e. The molecule has 4 N–H and O–H groups in total.